The lowest BCUT2D eigenvalue weighted by molar-refractivity contribution is 0.500. The van der Waals surface area contributed by atoms with Gasteiger partial charge in [0.2, 0.25) is 0 Å². The summed E-state index contributed by atoms with van der Waals surface area (Å²) < 4.78 is 26.0. The van der Waals surface area contributed by atoms with Gasteiger partial charge in [0.1, 0.15) is 5.82 Å². The highest BCUT2D eigenvalue weighted by Crippen LogP contribution is 2.22. The van der Waals surface area contributed by atoms with Crippen molar-refractivity contribution in [2.75, 3.05) is 5.43 Å². The molecule has 17 heavy (non-hydrogen) atoms. The molecule has 1 atom stereocenters. The van der Waals surface area contributed by atoms with Gasteiger partial charge in [0.25, 0.3) is 0 Å². The summed E-state index contributed by atoms with van der Waals surface area (Å²) in [7, 11) is 0. The predicted molar refractivity (Wildman–Crippen MR) is 65.0 cm³/mol. The number of hydrogen-bond acceptors (Lipinski definition) is 2. The van der Waals surface area contributed by atoms with Gasteiger partial charge < -0.3 is 0 Å². The van der Waals surface area contributed by atoms with Crippen LogP contribution < -0.4 is 5.43 Å². The monoisotopic (exact) mass is 238 g/mol. The number of halogens is 2. The van der Waals surface area contributed by atoms with Crippen LogP contribution in [0.3, 0.4) is 0 Å². The van der Waals surface area contributed by atoms with Crippen molar-refractivity contribution in [2.24, 2.45) is 11.0 Å². The molecular formula is C13H16F2N2. The summed E-state index contributed by atoms with van der Waals surface area (Å²) in [6.45, 7) is 2.19. The van der Waals surface area contributed by atoms with Crippen LogP contribution >= 0.6 is 0 Å². The fourth-order valence-electron chi connectivity index (χ4n) is 2.08. The number of nitrogens with zero attached hydrogens (tertiary/aromatic N) is 1. The summed E-state index contributed by atoms with van der Waals surface area (Å²) in [6.07, 6.45) is 4.27. The van der Waals surface area contributed by atoms with Crippen molar-refractivity contribution in [3.05, 3.63) is 29.8 Å². The van der Waals surface area contributed by atoms with Gasteiger partial charge in [-0.3, -0.25) is 5.43 Å². The zero-order valence-corrected chi connectivity index (χ0v) is 9.84. The van der Waals surface area contributed by atoms with E-state index in [9.17, 15) is 8.78 Å². The van der Waals surface area contributed by atoms with Gasteiger partial charge in [0.05, 0.1) is 5.69 Å². The number of nitrogens with one attached hydrogen (secondary N) is 1. The van der Waals surface area contributed by atoms with Crippen LogP contribution in [0, 0.1) is 17.6 Å². The zero-order valence-electron chi connectivity index (χ0n) is 9.84. The number of anilines is 1. The second-order valence-corrected chi connectivity index (χ2v) is 4.62. The molecule has 2 rings (SSSR count). The van der Waals surface area contributed by atoms with Crippen LogP contribution in [-0.2, 0) is 0 Å². The maximum atomic E-state index is 13.3. The van der Waals surface area contributed by atoms with E-state index < -0.39 is 11.6 Å². The molecule has 0 heterocycles. The van der Waals surface area contributed by atoms with Gasteiger partial charge in [-0.1, -0.05) is 6.92 Å². The molecule has 4 heteroatoms. The topological polar surface area (TPSA) is 24.4 Å². The molecule has 1 aliphatic rings. The van der Waals surface area contributed by atoms with E-state index in [1.807, 2.05) is 0 Å². The zero-order chi connectivity index (χ0) is 12.3. The van der Waals surface area contributed by atoms with Gasteiger partial charge in [0.15, 0.2) is 5.82 Å². The SMILES string of the molecule is C[C@H]1CCC/C(=N/Nc2ccc(F)cc2F)C1. The van der Waals surface area contributed by atoms with Crippen molar-refractivity contribution >= 4 is 11.4 Å². The quantitative estimate of drug-likeness (QED) is 0.775. The second-order valence-electron chi connectivity index (χ2n) is 4.62. The van der Waals surface area contributed by atoms with Gasteiger partial charge in [-0.2, -0.15) is 5.10 Å². The summed E-state index contributed by atoms with van der Waals surface area (Å²) in [6, 6.07) is 3.43. The first-order chi connectivity index (χ1) is 8.15. The molecule has 0 bridgehead atoms. The minimum absolute atomic E-state index is 0.220. The van der Waals surface area contributed by atoms with E-state index >= 15 is 0 Å². The van der Waals surface area contributed by atoms with Crippen LogP contribution in [0.5, 0.6) is 0 Å². The van der Waals surface area contributed by atoms with E-state index in [1.165, 1.54) is 18.6 Å². The van der Waals surface area contributed by atoms with Crippen molar-refractivity contribution in [2.45, 2.75) is 32.6 Å². The Labute approximate surface area is 99.7 Å². The standard InChI is InChI=1S/C13H16F2N2/c1-9-3-2-4-11(7-9)16-17-13-6-5-10(14)8-12(13)15/h5-6,8-9,17H,2-4,7H2,1H3/b16-11-/t9-/m0/s1. The van der Waals surface area contributed by atoms with Crippen LogP contribution in [0.25, 0.3) is 0 Å². The average molecular weight is 238 g/mol. The van der Waals surface area contributed by atoms with Crippen molar-refractivity contribution in [1.82, 2.24) is 0 Å². The van der Waals surface area contributed by atoms with Gasteiger partial charge in [-0.15, -0.1) is 0 Å². The minimum atomic E-state index is -0.613. The van der Waals surface area contributed by atoms with Crippen molar-refractivity contribution in [3.8, 4) is 0 Å². The number of rotatable bonds is 2. The Morgan fingerprint density at radius 1 is 1.35 bits per heavy atom. The molecular weight excluding hydrogens is 222 g/mol. The lowest BCUT2D eigenvalue weighted by Gasteiger charge is -2.19. The molecule has 1 aromatic rings. The van der Waals surface area contributed by atoms with E-state index in [-0.39, 0.29) is 5.69 Å². The molecule has 92 valence electrons. The summed E-state index contributed by atoms with van der Waals surface area (Å²) in [4.78, 5) is 0. The molecule has 0 amide bonds. The number of benzene rings is 1. The first kappa shape index (κ1) is 12.0. The van der Waals surface area contributed by atoms with Crippen molar-refractivity contribution < 1.29 is 8.78 Å². The van der Waals surface area contributed by atoms with E-state index in [1.54, 1.807) is 0 Å². The molecule has 1 N–H and O–H groups in total. The molecule has 1 saturated carbocycles. The molecule has 0 unspecified atom stereocenters. The first-order valence-electron chi connectivity index (χ1n) is 5.91. The van der Waals surface area contributed by atoms with Gasteiger partial charge in [-0.25, -0.2) is 8.78 Å². The van der Waals surface area contributed by atoms with Crippen molar-refractivity contribution in [3.63, 3.8) is 0 Å². The number of hydrazone groups is 1. The molecule has 1 fully saturated rings. The van der Waals surface area contributed by atoms with E-state index in [0.29, 0.717) is 5.92 Å². The van der Waals surface area contributed by atoms with Gasteiger partial charge >= 0.3 is 0 Å². The molecule has 0 spiro atoms. The Hall–Kier alpha value is -1.45. The Morgan fingerprint density at radius 2 is 2.18 bits per heavy atom. The molecule has 1 aromatic carbocycles. The first-order valence-corrected chi connectivity index (χ1v) is 5.91. The normalized spacial score (nSPS) is 22.8. The summed E-state index contributed by atoms with van der Waals surface area (Å²) in [5.74, 6) is -0.549. The highest BCUT2D eigenvalue weighted by atomic mass is 19.1. The lowest BCUT2D eigenvalue weighted by Crippen LogP contribution is -2.14. The molecule has 0 radical (unpaired) electrons. The van der Waals surface area contributed by atoms with E-state index in [2.05, 4.69) is 17.5 Å². The highest BCUT2D eigenvalue weighted by molar-refractivity contribution is 5.85. The molecule has 1 aliphatic carbocycles. The Kier molecular flexibility index (Phi) is 3.71. The fraction of sp³-hybridized carbons (Fsp3) is 0.462. The van der Waals surface area contributed by atoms with Crippen LogP contribution in [0.1, 0.15) is 32.6 Å². The maximum Gasteiger partial charge on any atom is 0.151 e. The fourth-order valence-corrected chi connectivity index (χ4v) is 2.08. The Morgan fingerprint density at radius 3 is 2.88 bits per heavy atom. The van der Waals surface area contributed by atoms with Crippen molar-refractivity contribution in [1.29, 1.82) is 0 Å². The molecule has 2 nitrogen and oxygen atoms in total. The highest BCUT2D eigenvalue weighted by Gasteiger charge is 2.14. The summed E-state index contributed by atoms with van der Waals surface area (Å²) in [5.41, 5.74) is 3.96. The third-order valence-corrected chi connectivity index (χ3v) is 3.01. The summed E-state index contributed by atoms with van der Waals surface area (Å²) in [5, 5.41) is 4.20. The number of hydrogen-bond donors (Lipinski definition) is 1. The van der Waals surface area contributed by atoms with E-state index in [4.69, 9.17) is 0 Å². The summed E-state index contributed by atoms with van der Waals surface area (Å²) >= 11 is 0. The maximum absolute atomic E-state index is 13.3. The molecule has 0 aromatic heterocycles. The average Bonchev–Trinajstić information content (AvgIpc) is 2.28. The Bertz CT molecular complexity index is 429. The van der Waals surface area contributed by atoms with Crippen LogP contribution in [0.15, 0.2) is 23.3 Å². The van der Waals surface area contributed by atoms with Gasteiger partial charge in [0, 0.05) is 11.8 Å². The van der Waals surface area contributed by atoms with Crippen LogP contribution in [-0.4, -0.2) is 5.71 Å². The minimum Gasteiger partial charge on any atom is -0.276 e. The smallest absolute Gasteiger partial charge is 0.151 e. The molecule has 0 saturated heterocycles. The van der Waals surface area contributed by atoms with Crippen LogP contribution in [0.2, 0.25) is 0 Å². The third-order valence-electron chi connectivity index (χ3n) is 3.01. The third kappa shape index (κ3) is 3.25. The largest absolute Gasteiger partial charge is 0.276 e. The van der Waals surface area contributed by atoms with E-state index in [0.717, 1.165) is 31.0 Å². The van der Waals surface area contributed by atoms with Crippen LogP contribution in [0.4, 0.5) is 14.5 Å². The second kappa shape index (κ2) is 5.25. The van der Waals surface area contributed by atoms with Gasteiger partial charge in [-0.05, 0) is 43.7 Å². The lowest BCUT2D eigenvalue weighted by atomic mass is 9.89. The molecule has 0 aliphatic heterocycles. The predicted octanol–water partition coefficient (Wildman–Crippen LogP) is 3.94. The Balaban J connectivity index is 2.03.